The van der Waals surface area contributed by atoms with Gasteiger partial charge in [0.15, 0.2) is 5.41 Å². The monoisotopic (exact) mass is 447 g/mol. The van der Waals surface area contributed by atoms with E-state index >= 15 is 0 Å². The molecular weight excluding hydrogens is 434 g/mol. The zero-order valence-corrected chi connectivity index (χ0v) is 17.3. The van der Waals surface area contributed by atoms with Gasteiger partial charge in [0.25, 0.3) is 5.69 Å². The molecule has 2 aliphatic rings. The Morgan fingerprint density at radius 2 is 1.78 bits per heavy atom. The number of nitrogens with one attached hydrogen (secondary N) is 1. The maximum absolute atomic E-state index is 11.3. The van der Waals surface area contributed by atoms with Gasteiger partial charge in [-0.2, -0.15) is 15.8 Å². The topological polar surface area (TPSA) is 157 Å². The van der Waals surface area contributed by atoms with Crippen molar-refractivity contribution in [3.63, 3.8) is 0 Å². The van der Waals surface area contributed by atoms with Gasteiger partial charge in [-0.25, -0.2) is 0 Å². The number of hydrogen-bond donors (Lipinski definition) is 1. The minimum absolute atomic E-state index is 0.144. The van der Waals surface area contributed by atoms with Crippen molar-refractivity contribution in [1.29, 1.82) is 21.2 Å². The molecule has 1 N–H and O–H groups in total. The first-order valence-corrected chi connectivity index (χ1v) is 9.80. The van der Waals surface area contributed by atoms with Crippen LogP contribution in [0.15, 0.2) is 48.5 Å². The molecule has 0 spiro atoms. The smallest absolute Gasteiger partial charge is 0.269 e. The first kappa shape index (κ1) is 21.3. The predicted octanol–water partition coefficient (Wildman–Crippen LogP) is 4.36. The molecule has 10 heteroatoms. The van der Waals surface area contributed by atoms with Crippen LogP contribution in [0.3, 0.4) is 0 Å². The van der Waals surface area contributed by atoms with Crippen LogP contribution in [0.25, 0.3) is 0 Å². The van der Waals surface area contributed by atoms with Gasteiger partial charge in [0.2, 0.25) is 17.1 Å². The number of nitro benzene ring substituents is 1. The maximum atomic E-state index is 11.3. The highest BCUT2D eigenvalue weighted by Crippen LogP contribution is 2.69. The number of rotatable bonds is 3. The predicted molar refractivity (Wildman–Crippen MR) is 110 cm³/mol. The van der Waals surface area contributed by atoms with Crippen molar-refractivity contribution in [2.45, 2.75) is 18.8 Å². The minimum atomic E-state index is -2.21. The molecule has 0 saturated carbocycles. The zero-order valence-electron chi connectivity index (χ0n) is 16.6. The summed E-state index contributed by atoms with van der Waals surface area (Å²) in [5, 5.41) is 50.9. The van der Waals surface area contributed by atoms with E-state index in [1.54, 1.807) is 31.2 Å². The minimum Gasteiger partial charge on any atom is -0.443 e. The van der Waals surface area contributed by atoms with Crippen LogP contribution in [-0.2, 0) is 15.3 Å². The van der Waals surface area contributed by atoms with Crippen molar-refractivity contribution in [2.24, 2.45) is 16.7 Å². The molecule has 0 radical (unpaired) electrons. The zero-order chi connectivity index (χ0) is 23.3. The van der Waals surface area contributed by atoms with Gasteiger partial charge in [0.1, 0.15) is 6.10 Å². The Labute approximate surface area is 187 Å². The van der Waals surface area contributed by atoms with Crippen molar-refractivity contribution < 1.29 is 14.4 Å². The number of benzene rings is 2. The molecule has 0 amide bonds. The molecule has 2 fully saturated rings. The third kappa shape index (κ3) is 2.42. The van der Waals surface area contributed by atoms with Gasteiger partial charge < -0.3 is 9.47 Å². The van der Waals surface area contributed by atoms with Crippen LogP contribution < -0.4 is 0 Å². The number of nitriles is 3. The van der Waals surface area contributed by atoms with E-state index in [1.807, 2.05) is 18.2 Å². The molecule has 4 unspecified atom stereocenters. The highest BCUT2D eigenvalue weighted by molar-refractivity contribution is 6.30. The molecule has 9 nitrogen and oxygen atoms in total. The molecule has 0 aliphatic carbocycles. The van der Waals surface area contributed by atoms with E-state index in [0.717, 1.165) is 0 Å². The summed E-state index contributed by atoms with van der Waals surface area (Å²) in [4.78, 5) is 10.7. The lowest BCUT2D eigenvalue weighted by atomic mass is 9.53. The molecule has 4 rings (SSSR count). The Bertz CT molecular complexity index is 1260. The summed E-state index contributed by atoms with van der Waals surface area (Å²) >= 11 is 6.00. The second kappa shape index (κ2) is 7.03. The van der Waals surface area contributed by atoms with Gasteiger partial charge in [-0.15, -0.1) is 0 Å². The molecule has 4 atom stereocenters. The van der Waals surface area contributed by atoms with E-state index in [1.165, 1.54) is 24.3 Å². The average Bonchev–Trinajstić information content (AvgIpc) is 2.96. The van der Waals surface area contributed by atoms with Gasteiger partial charge >= 0.3 is 0 Å². The third-order valence-corrected chi connectivity index (χ3v) is 6.55. The lowest BCUT2D eigenvalue weighted by Gasteiger charge is -2.48. The van der Waals surface area contributed by atoms with Crippen LogP contribution in [0, 0.1) is 66.3 Å². The molecule has 2 aliphatic heterocycles. The van der Waals surface area contributed by atoms with E-state index < -0.39 is 39.5 Å². The quantitative estimate of drug-likeness (QED) is 0.540. The second-order valence-corrected chi connectivity index (χ2v) is 8.07. The second-order valence-electron chi connectivity index (χ2n) is 7.63. The lowest BCUT2D eigenvalue weighted by Crippen LogP contribution is -2.57. The van der Waals surface area contributed by atoms with Crippen LogP contribution in [0.2, 0.25) is 5.02 Å². The number of nitro groups is 1. The summed E-state index contributed by atoms with van der Waals surface area (Å²) in [6.07, 6.45) is -1.42. The Morgan fingerprint density at radius 1 is 1.12 bits per heavy atom. The van der Waals surface area contributed by atoms with E-state index in [4.69, 9.17) is 26.5 Å². The van der Waals surface area contributed by atoms with Crippen LogP contribution in [-0.4, -0.2) is 10.8 Å². The van der Waals surface area contributed by atoms with E-state index in [0.29, 0.717) is 10.6 Å². The fourth-order valence-electron chi connectivity index (χ4n) is 4.65. The van der Waals surface area contributed by atoms with Gasteiger partial charge in [0, 0.05) is 22.7 Å². The molecule has 2 aromatic carbocycles. The van der Waals surface area contributed by atoms with Gasteiger partial charge in [-0.05, 0) is 17.7 Å². The van der Waals surface area contributed by atoms with Crippen molar-refractivity contribution in [3.8, 4) is 18.2 Å². The fraction of sp³-hybridized carbons (Fsp3) is 0.273. The summed E-state index contributed by atoms with van der Waals surface area (Å²) in [5.74, 6) is -3.20. The maximum Gasteiger partial charge on any atom is 0.269 e. The first-order valence-electron chi connectivity index (χ1n) is 9.42. The first-order chi connectivity index (χ1) is 15.2. The van der Waals surface area contributed by atoms with Crippen LogP contribution in [0.4, 0.5) is 5.69 Å². The number of hydrogen-bond acceptors (Lipinski definition) is 8. The molecule has 2 saturated heterocycles. The Hall–Kier alpha value is -3.97. The molecular formula is C22H14ClN5O4. The van der Waals surface area contributed by atoms with Gasteiger partial charge in [-0.1, -0.05) is 42.8 Å². The molecule has 2 heterocycles. The number of nitrogens with zero attached hydrogens (tertiary/aromatic N) is 4. The fourth-order valence-corrected chi connectivity index (χ4v) is 4.78. The standard InChI is InChI=1S/C22H14ClN5O4/c1-13-21(12-26)19(27)32-22(13,15-5-7-16(23)8-6-15)31-18(20(21,10-24)11-25)14-3-2-4-17(9-14)28(29)30/h2-9,13,18,27H,1H3. The largest absolute Gasteiger partial charge is 0.443 e. The number of non-ortho nitro benzene ring substituents is 1. The summed E-state index contributed by atoms with van der Waals surface area (Å²) in [5.41, 5.74) is -3.91. The van der Waals surface area contributed by atoms with Gasteiger partial charge in [-0.3, -0.25) is 15.5 Å². The van der Waals surface area contributed by atoms with Crippen LogP contribution in [0.1, 0.15) is 24.2 Å². The van der Waals surface area contributed by atoms with Crippen LogP contribution in [0.5, 0.6) is 0 Å². The van der Waals surface area contributed by atoms with Crippen molar-refractivity contribution in [3.05, 3.63) is 74.8 Å². The molecule has 158 valence electrons. The van der Waals surface area contributed by atoms with Crippen molar-refractivity contribution in [1.82, 2.24) is 0 Å². The highest BCUT2D eigenvalue weighted by atomic mass is 35.5. The van der Waals surface area contributed by atoms with Crippen LogP contribution >= 0.6 is 11.6 Å². The number of fused-ring (bicyclic) bond motifs is 2. The van der Waals surface area contributed by atoms with Crippen molar-refractivity contribution in [2.75, 3.05) is 0 Å². The Kier molecular flexibility index (Phi) is 4.67. The Balaban J connectivity index is 2.04. The molecule has 0 aromatic heterocycles. The SMILES string of the molecule is CC1C2(c3ccc(Cl)cc3)OC(=N)C1(C#N)C(C#N)(C#N)C(c1cccc([N+](=O)[O-])c1)O2. The summed E-state index contributed by atoms with van der Waals surface area (Å²) < 4.78 is 12.1. The normalized spacial score (nSPS) is 29.8. The summed E-state index contributed by atoms with van der Waals surface area (Å²) in [6, 6.07) is 17.5. The Morgan fingerprint density at radius 3 is 2.34 bits per heavy atom. The summed E-state index contributed by atoms with van der Waals surface area (Å²) in [6.45, 7) is 1.58. The van der Waals surface area contributed by atoms with E-state index in [9.17, 15) is 25.9 Å². The number of ether oxygens (including phenoxy) is 2. The van der Waals surface area contributed by atoms with E-state index in [2.05, 4.69) is 0 Å². The number of halogens is 1. The molecule has 2 bridgehead atoms. The third-order valence-electron chi connectivity index (χ3n) is 6.30. The van der Waals surface area contributed by atoms with E-state index in [-0.39, 0.29) is 11.3 Å². The molecule has 32 heavy (non-hydrogen) atoms. The summed E-state index contributed by atoms with van der Waals surface area (Å²) in [7, 11) is 0. The van der Waals surface area contributed by atoms with Gasteiger partial charge in [0.05, 0.1) is 29.0 Å². The highest BCUT2D eigenvalue weighted by Gasteiger charge is 2.79. The lowest BCUT2D eigenvalue weighted by molar-refractivity contribution is -0.385. The van der Waals surface area contributed by atoms with Crippen molar-refractivity contribution >= 4 is 23.2 Å². The average molecular weight is 448 g/mol. The molecule has 2 aromatic rings.